The number of rotatable bonds is 9. The van der Waals surface area contributed by atoms with Crippen LogP contribution in [0.4, 0.5) is 4.79 Å². The Morgan fingerprint density at radius 1 is 1.09 bits per heavy atom. The van der Waals surface area contributed by atoms with Gasteiger partial charge in [-0.15, -0.1) is 0 Å². The first-order valence-corrected chi connectivity index (χ1v) is 8.14. The van der Waals surface area contributed by atoms with Gasteiger partial charge < -0.3 is 34.8 Å². The van der Waals surface area contributed by atoms with Crippen LogP contribution in [0.5, 0.6) is 0 Å². The molecule has 0 radical (unpaired) electrons. The molecule has 1 amide bonds. The van der Waals surface area contributed by atoms with Crippen LogP contribution in [-0.2, 0) is 14.2 Å². The second kappa shape index (κ2) is 10.8. The Balaban J connectivity index is 2.24. The van der Waals surface area contributed by atoms with Gasteiger partial charge in [-0.1, -0.05) is 32.6 Å². The summed E-state index contributed by atoms with van der Waals surface area (Å²) in [6.07, 6.45) is -1.35. The van der Waals surface area contributed by atoms with Crippen LogP contribution in [0, 0.1) is 0 Å². The third-order valence-corrected chi connectivity index (χ3v) is 3.83. The first-order valence-electron chi connectivity index (χ1n) is 8.14. The summed E-state index contributed by atoms with van der Waals surface area (Å²) < 4.78 is 15.1. The Morgan fingerprint density at radius 2 is 1.78 bits per heavy atom. The Morgan fingerprint density at radius 3 is 2.43 bits per heavy atom. The van der Waals surface area contributed by atoms with Crippen LogP contribution < -0.4 is 5.32 Å². The topological polar surface area (TPSA) is 117 Å². The Hall–Kier alpha value is -0.930. The molecule has 1 aliphatic rings. The quantitative estimate of drug-likeness (QED) is 0.443. The summed E-state index contributed by atoms with van der Waals surface area (Å²) in [5, 5.41) is 31.8. The van der Waals surface area contributed by atoms with E-state index in [1.54, 1.807) is 0 Å². The fourth-order valence-corrected chi connectivity index (χ4v) is 2.38. The maximum atomic E-state index is 11.6. The Labute approximate surface area is 136 Å². The minimum absolute atomic E-state index is 0.244. The zero-order valence-corrected chi connectivity index (χ0v) is 13.8. The predicted octanol–water partition coefficient (Wildman–Crippen LogP) is 0.137. The number of hydrogen-bond acceptors (Lipinski definition) is 7. The fourth-order valence-electron chi connectivity index (χ4n) is 2.38. The number of carbonyl (C=O) groups is 1. The van der Waals surface area contributed by atoms with Crippen LogP contribution >= 0.6 is 0 Å². The SMILES string of the molecule is CCCCCCCNC(=O)OC[C@H]1O[C@@H](OC)C(O)C(O)[C@@H]1O. The monoisotopic (exact) mass is 335 g/mol. The molecule has 2 unspecified atom stereocenters. The van der Waals surface area contributed by atoms with Crippen molar-refractivity contribution in [3.63, 3.8) is 0 Å². The summed E-state index contributed by atoms with van der Waals surface area (Å²) in [4.78, 5) is 11.6. The fraction of sp³-hybridized carbons (Fsp3) is 0.933. The molecule has 0 saturated carbocycles. The van der Waals surface area contributed by atoms with Gasteiger partial charge in [0.25, 0.3) is 0 Å². The van der Waals surface area contributed by atoms with E-state index in [0.717, 1.165) is 19.3 Å². The molecule has 1 fully saturated rings. The second-order valence-corrected chi connectivity index (χ2v) is 5.69. The van der Waals surface area contributed by atoms with Crippen molar-refractivity contribution < 1.29 is 34.3 Å². The number of hydrogen-bond donors (Lipinski definition) is 4. The predicted molar refractivity (Wildman–Crippen MR) is 81.8 cm³/mol. The van der Waals surface area contributed by atoms with E-state index in [9.17, 15) is 20.1 Å². The molecule has 4 N–H and O–H groups in total. The smallest absolute Gasteiger partial charge is 0.407 e. The summed E-state index contributed by atoms with van der Waals surface area (Å²) in [5.41, 5.74) is 0. The summed E-state index contributed by atoms with van der Waals surface area (Å²) >= 11 is 0. The molecule has 1 rings (SSSR count). The van der Waals surface area contributed by atoms with Crippen molar-refractivity contribution >= 4 is 6.09 Å². The lowest BCUT2D eigenvalue weighted by Crippen LogP contribution is -2.59. The van der Waals surface area contributed by atoms with Crippen molar-refractivity contribution in [3.8, 4) is 0 Å². The van der Waals surface area contributed by atoms with Crippen LogP contribution in [0.1, 0.15) is 39.0 Å². The number of amides is 1. The zero-order chi connectivity index (χ0) is 17.2. The van der Waals surface area contributed by atoms with Gasteiger partial charge in [0.2, 0.25) is 0 Å². The standard InChI is InChI=1S/C15H29NO7/c1-3-4-5-6-7-8-16-15(20)22-9-10-11(17)12(18)13(19)14(21-2)23-10/h10-14,17-19H,3-9H2,1-2H3,(H,16,20)/t10-,11-,12?,13?,14-/m1/s1. The van der Waals surface area contributed by atoms with Gasteiger partial charge in [0.1, 0.15) is 31.0 Å². The summed E-state index contributed by atoms with van der Waals surface area (Å²) in [6, 6.07) is 0. The lowest BCUT2D eigenvalue weighted by Gasteiger charge is -2.39. The van der Waals surface area contributed by atoms with Crippen molar-refractivity contribution in [1.82, 2.24) is 5.32 Å². The number of unbranched alkanes of at least 4 members (excludes halogenated alkanes) is 4. The third-order valence-electron chi connectivity index (χ3n) is 3.83. The van der Waals surface area contributed by atoms with Gasteiger partial charge >= 0.3 is 6.09 Å². The maximum Gasteiger partial charge on any atom is 0.407 e. The number of aliphatic hydroxyl groups is 3. The summed E-state index contributed by atoms with van der Waals surface area (Å²) in [7, 11) is 1.31. The normalized spacial score (nSPS) is 30.9. The zero-order valence-electron chi connectivity index (χ0n) is 13.8. The lowest BCUT2D eigenvalue weighted by molar-refractivity contribution is -0.294. The van der Waals surface area contributed by atoms with E-state index >= 15 is 0 Å². The van der Waals surface area contributed by atoms with E-state index < -0.39 is 36.8 Å². The highest BCUT2D eigenvalue weighted by molar-refractivity contribution is 5.67. The van der Waals surface area contributed by atoms with Crippen LogP contribution in [0.3, 0.4) is 0 Å². The van der Waals surface area contributed by atoms with E-state index in [1.165, 1.54) is 20.0 Å². The van der Waals surface area contributed by atoms with Gasteiger partial charge in [0, 0.05) is 13.7 Å². The minimum atomic E-state index is -1.43. The molecule has 23 heavy (non-hydrogen) atoms. The molecule has 8 heteroatoms. The number of methoxy groups -OCH3 is 1. The van der Waals surface area contributed by atoms with Crippen molar-refractivity contribution in [2.45, 2.75) is 69.7 Å². The van der Waals surface area contributed by atoms with Gasteiger partial charge in [-0.3, -0.25) is 0 Å². The number of aliphatic hydroxyl groups excluding tert-OH is 3. The summed E-state index contributed by atoms with van der Waals surface area (Å²) in [6.45, 7) is 2.42. The highest BCUT2D eigenvalue weighted by atomic mass is 16.7. The van der Waals surface area contributed by atoms with Crippen molar-refractivity contribution in [3.05, 3.63) is 0 Å². The van der Waals surface area contributed by atoms with Crippen molar-refractivity contribution in [2.24, 2.45) is 0 Å². The minimum Gasteiger partial charge on any atom is -0.447 e. The molecule has 8 nitrogen and oxygen atoms in total. The Bertz CT molecular complexity index is 340. The highest BCUT2D eigenvalue weighted by Crippen LogP contribution is 2.21. The molecule has 0 aliphatic carbocycles. The van der Waals surface area contributed by atoms with Gasteiger partial charge in [0.05, 0.1) is 0 Å². The molecular weight excluding hydrogens is 306 g/mol. The Kier molecular flexibility index (Phi) is 9.42. The number of carbonyl (C=O) groups excluding carboxylic acids is 1. The molecule has 0 spiro atoms. The number of alkyl carbamates (subject to hydrolysis) is 1. The highest BCUT2D eigenvalue weighted by Gasteiger charge is 2.44. The average Bonchev–Trinajstić information content (AvgIpc) is 2.55. The average molecular weight is 335 g/mol. The number of nitrogens with one attached hydrogen (secondary N) is 1. The molecule has 0 aromatic carbocycles. The van der Waals surface area contributed by atoms with Gasteiger partial charge in [-0.2, -0.15) is 0 Å². The second-order valence-electron chi connectivity index (χ2n) is 5.69. The maximum absolute atomic E-state index is 11.6. The molecule has 0 aromatic rings. The summed E-state index contributed by atoms with van der Waals surface area (Å²) in [5.74, 6) is 0. The van der Waals surface area contributed by atoms with Gasteiger partial charge in [-0.25, -0.2) is 4.79 Å². The number of ether oxygens (including phenoxy) is 3. The van der Waals surface area contributed by atoms with Gasteiger partial charge in [0.15, 0.2) is 6.29 Å². The molecule has 1 heterocycles. The van der Waals surface area contributed by atoms with E-state index in [4.69, 9.17) is 14.2 Å². The molecule has 5 atom stereocenters. The first kappa shape index (κ1) is 20.1. The van der Waals surface area contributed by atoms with Crippen LogP contribution in [0.2, 0.25) is 0 Å². The van der Waals surface area contributed by atoms with Crippen LogP contribution in [-0.4, -0.2) is 72.4 Å². The molecular formula is C15H29NO7. The molecule has 136 valence electrons. The largest absolute Gasteiger partial charge is 0.447 e. The first-order chi connectivity index (χ1) is 11.0. The van der Waals surface area contributed by atoms with E-state index in [1.807, 2.05) is 0 Å². The lowest BCUT2D eigenvalue weighted by atomic mass is 9.99. The van der Waals surface area contributed by atoms with Crippen molar-refractivity contribution in [1.29, 1.82) is 0 Å². The van der Waals surface area contributed by atoms with Crippen LogP contribution in [0.25, 0.3) is 0 Å². The molecule has 0 aromatic heterocycles. The van der Waals surface area contributed by atoms with E-state index in [2.05, 4.69) is 12.2 Å². The molecule has 0 bridgehead atoms. The van der Waals surface area contributed by atoms with E-state index in [-0.39, 0.29) is 6.61 Å². The molecule has 1 aliphatic heterocycles. The van der Waals surface area contributed by atoms with E-state index in [0.29, 0.717) is 6.54 Å². The van der Waals surface area contributed by atoms with Gasteiger partial charge in [-0.05, 0) is 6.42 Å². The third kappa shape index (κ3) is 6.60. The van der Waals surface area contributed by atoms with Crippen LogP contribution in [0.15, 0.2) is 0 Å². The molecule has 1 saturated heterocycles. The van der Waals surface area contributed by atoms with Crippen molar-refractivity contribution in [2.75, 3.05) is 20.3 Å².